The van der Waals surface area contributed by atoms with Crippen LogP contribution in [0.25, 0.3) is 17.2 Å². The number of aromatic nitrogens is 7. The van der Waals surface area contributed by atoms with Gasteiger partial charge in [-0.2, -0.15) is 0 Å². The van der Waals surface area contributed by atoms with Crippen LogP contribution in [0.5, 0.6) is 0 Å². The molecule has 0 spiro atoms. The molecule has 4 heterocycles. The quantitative estimate of drug-likeness (QED) is 0.366. The van der Waals surface area contributed by atoms with Gasteiger partial charge in [-0.05, 0) is 55.9 Å². The molecule has 1 aliphatic carbocycles. The number of carbonyl (C=O) groups excluding carboxylic acids is 1. The number of anilines is 1. The highest BCUT2D eigenvalue weighted by atomic mass is 16.5. The number of ether oxygens (including phenoxy) is 1. The molecule has 0 saturated heterocycles. The molecular weight excluding hydrogens is 432 g/mol. The summed E-state index contributed by atoms with van der Waals surface area (Å²) in [5.41, 5.74) is 2.75. The van der Waals surface area contributed by atoms with Crippen LogP contribution in [-0.4, -0.2) is 52.6 Å². The van der Waals surface area contributed by atoms with Crippen LogP contribution in [-0.2, 0) is 9.53 Å². The molecule has 1 N–H and O–H groups in total. The summed E-state index contributed by atoms with van der Waals surface area (Å²) in [6, 6.07) is 7.52. The number of carbonyl (C=O) groups is 1. The smallest absolute Gasteiger partial charge is 0.302 e. The normalized spacial score (nSPS) is 17.6. The van der Waals surface area contributed by atoms with E-state index in [0.29, 0.717) is 23.2 Å². The first kappa shape index (κ1) is 21.5. The third-order valence-corrected chi connectivity index (χ3v) is 5.52. The predicted molar refractivity (Wildman–Crippen MR) is 123 cm³/mol. The van der Waals surface area contributed by atoms with Gasteiger partial charge in [-0.25, -0.2) is 19.9 Å². The summed E-state index contributed by atoms with van der Waals surface area (Å²) in [5.74, 6) is 6.95. The van der Waals surface area contributed by atoms with E-state index in [0.717, 1.165) is 36.9 Å². The molecule has 4 aromatic rings. The van der Waals surface area contributed by atoms with Crippen molar-refractivity contribution in [1.29, 1.82) is 0 Å². The molecule has 0 amide bonds. The first-order chi connectivity index (χ1) is 16.6. The number of fused-ring (bicyclic) bond motifs is 1. The lowest BCUT2D eigenvalue weighted by Gasteiger charge is -2.28. The van der Waals surface area contributed by atoms with Gasteiger partial charge in [0.25, 0.3) is 0 Å². The number of rotatable bonds is 4. The van der Waals surface area contributed by atoms with Crippen LogP contribution >= 0.6 is 0 Å². The molecular formula is C24H22N8O2. The van der Waals surface area contributed by atoms with Crippen molar-refractivity contribution in [3.05, 3.63) is 60.4 Å². The van der Waals surface area contributed by atoms with Gasteiger partial charge in [-0.3, -0.25) is 9.20 Å². The Balaban J connectivity index is 1.27. The molecule has 34 heavy (non-hydrogen) atoms. The van der Waals surface area contributed by atoms with E-state index in [2.05, 4.69) is 47.3 Å². The fraction of sp³-hybridized carbons (Fsp3) is 0.292. The van der Waals surface area contributed by atoms with E-state index in [1.807, 2.05) is 22.7 Å². The molecule has 1 saturated carbocycles. The van der Waals surface area contributed by atoms with E-state index in [-0.39, 0.29) is 18.1 Å². The third kappa shape index (κ3) is 5.15. The second-order valence-corrected chi connectivity index (χ2v) is 8.02. The Morgan fingerprint density at radius 3 is 2.79 bits per heavy atom. The lowest BCUT2D eigenvalue weighted by molar-refractivity contribution is -0.147. The number of nitrogens with one attached hydrogen (secondary N) is 1. The summed E-state index contributed by atoms with van der Waals surface area (Å²) in [5, 5.41) is 11.3. The maximum Gasteiger partial charge on any atom is 0.302 e. The monoisotopic (exact) mass is 454 g/mol. The minimum atomic E-state index is -0.226. The average Bonchev–Trinajstić information content (AvgIpc) is 3.32. The van der Waals surface area contributed by atoms with Crippen molar-refractivity contribution < 1.29 is 9.53 Å². The van der Waals surface area contributed by atoms with Gasteiger partial charge in [-0.15, -0.1) is 10.2 Å². The lowest BCUT2D eigenvalue weighted by Crippen LogP contribution is -2.31. The van der Waals surface area contributed by atoms with Gasteiger partial charge in [0.05, 0.1) is 0 Å². The molecule has 10 heteroatoms. The number of hydrogen-bond donors (Lipinski definition) is 1. The standard InChI is InChI=1S/C24H22N8O2/c1-16(33)34-20-6-4-18(5-7-20)29-24-26-12-9-21(30-24)23-25-11-8-19(28-23)3-2-17-10-13-32-15-27-31-22(32)14-17/h8-15,18,20H,4-7H2,1H3,(H,26,29,30). The fourth-order valence-corrected chi connectivity index (χ4v) is 3.88. The van der Waals surface area contributed by atoms with Crippen LogP contribution in [0, 0.1) is 11.8 Å². The van der Waals surface area contributed by atoms with Crippen LogP contribution in [0.15, 0.2) is 49.2 Å². The summed E-state index contributed by atoms with van der Waals surface area (Å²) in [6.07, 6.45) is 10.3. The summed E-state index contributed by atoms with van der Waals surface area (Å²) >= 11 is 0. The van der Waals surface area contributed by atoms with Gasteiger partial charge >= 0.3 is 5.97 Å². The Morgan fingerprint density at radius 2 is 1.94 bits per heavy atom. The van der Waals surface area contributed by atoms with E-state index in [1.54, 1.807) is 30.9 Å². The van der Waals surface area contributed by atoms with E-state index in [1.165, 1.54) is 6.92 Å². The van der Waals surface area contributed by atoms with Crippen LogP contribution in [0.2, 0.25) is 0 Å². The summed E-state index contributed by atoms with van der Waals surface area (Å²) in [7, 11) is 0. The van der Waals surface area contributed by atoms with Crippen molar-refractivity contribution in [1.82, 2.24) is 34.5 Å². The average molecular weight is 454 g/mol. The Morgan fingerprint density at radius 1 is 1.09 bits per heavy atom. The van der Waals surface area contributed by atoms with E-state index in [9.17, 15) is 4.79 Å². The Hall–Kier alpha value is -4.39. The lowest BCUT2D eigenvalue weighted by atomic mass is 9.93. The highest BCUT2D eigenvalue weighted by Gasteiger charge is 2.23. The highest BCUT2D eigenvalue weighted by Crippen LogP contribution is 2.24. The predicted octanol–water partition coefficient (Wildman–Crippen LogP) is 2.66. The molecule has 0 unspecified atom stereocenters. The Bertz CT molecular complexity index is 1380. The molecule has 10 nitrogen and oxygen atoms in total. The zero-order chi connectivity index (χ0) is 23.3. The van der Waals surface area contributed by atoms with E-state index in [4.69, 9.17) is 4.74 Å². The first-order valence-electron chi connectivity index (χ1n) is 11.0. The second-order valence-electron chi connectivity index (χ2n) is 8.02. The van der Waals surface area contributed by atoms with Crippen molar-refractivity contribution in [3.8, 4) is 23.4 Å². The number of hydrogen-bond acceptors (Lipinski definition) is 9. The van der Waals surface area contributed by atoms with E-state index < -0.39 is 0 Å². The molecule has 170 valence electrons. The van der Waals surface area contributed by atoms with Crippen molar-refractivity contribution in [2.45, 2.75) is 44.8 Å². The highest BCUT2D eigenvalue weighted by molar-refractivity contribution is 5.66. The van der Waals surface area contributed by atoms with Gasteiger partial charge in [0, 0.05) is 37.1 Å². The zero-order valence-electron chi connectivity index (χ0n) is 18.5. The molecule has 4 aromatic heterocycles. The maximum atomic E-state index is 11.1. The SMILES string of the molecule is CC(=O)OC1CCC(Nc2nccc(-c3nccc(C#Cc4ccn5cnnc5c4)n3)n2)CC1. The van der Waals surface area contributed by atoms with Crippen molar-refractivity contribution in [3.63, 3.8) is 0 Å². The largest absolute Gasteiger partial charge is 0.463 e. The minimum absolute atomic E-state index is 0.00154. The Labute approximate surface area is 195 Å². The van der Waals surface area contributed by atoms with Gasteiger partial charge in [0.1, 0.15) is 23.8 Å². The molecule has 0 radical (unpaired) electrons. The summed E-state index contributed by atoms with van der Waals surface area (Å²) in [6.45, 7) is 1.45. The number of esters is 1. The fourth-order valence-electron chi connectivity index (χ4n) is 3.88. The second kappa shape index (κ2) is 9.62. The number of nitrogens with zero attached hydrogens (tertiary/aromatic N) is 7. The van der Waals surface area contributed by atoms with Gasteiger partial charge < -0.3 is 10.1 Å². The van der Waals surface area contributed by atoms with Crippen LogP contribution in [0.3, 0.4) is 0 Å². The number of pyridine rings is 1. The van der Waals surface area contributed by atoms with Gasteiger partial charge in [-0.1, -0.05) is 5.92 Å². The van der Waals surface area contributed by atoms with Gasteiger partial charge in [0.2, 0.25) is 5.95 Å². The molecule has 0 aliphatic heterocycles. The van der Waals surface area contributed by atoms with Crippen LogP contribution in [0.1, 0.15) is 43.9 Å². The van der Waals surface area contributed by atoms with Crippen LogP contribution < -0.4 is 5.32 Å². The van der Waals surface area contributed by atoms with Crippen molar-refractivity contribution in [2.75, 3.05) is 5.32 Å². The van der Waals surface area contributed by atoms with Crippen LogP contribution in [0.4, 0.5) is 5.95 Å². The topological polar surface area (TPSA) is 120 Å². The van der Waals surface area contributed by atoms with E-state index >= 15 is 0 Å². The first-order valence-corrected chi connectivity index (χ1v) is 11.0. The molecule has 0 bridgehead atoms. The molecule has 0 atom stereocenters. The van der Waals surface area contributed by atoms with Crippen molar-refractivity contribution >= 4 is 17.6 Å². The zero-order valence-corrected chi connectivity index (χ0v) is 18.5. The maximum absolute atomic E-state index is 11.1. The Kier molecular flexibility index (Phi) is 6.07. The summed E-state index contributed by atoms with van der Waals surface area (Å²) < 4.78 is 7.13. The molecule has 5 rings (SSSR count). The molecule has 1 aliphatic rings. The van der Waals surface area contributed by atoms with Gasteiger partial charge in [0.15, 0.2) is 11.5 Å². The van der Waals surface area contributed by atoms with Crippen molar-refractivity contribution in [2.24, 2.45) is 0 Å². The molecule has 1 fully saturated rings. The molecule has 0 aromatic carbocycles. The summed E-state index contributed by atoms with van der Waals surface area (Å²) in [4.78, 5) is 29.0. The minimum Gasteiger partial charge on any atom is -0.463 e. The third-order valence-electron chi connectivity index (χ3n) is 5.52.